The predicted octanol–water partition coefficient (Wildman–Crippen LogP) is 7.05. The van der Waals surface area contributed by atoms with Gasteiger partial charge < -0.3 is 0 Å². The number of alkyl halides is 5. The zero-order chi connectivity index (χ0) is 16.2. The molecule has 2 bridgehead atoms. The molecule has 0 radical (unpaired) electrons. The number of fused-ring (bicyclic) bond motifs is 5. The molecule has 1 fully saturated rings. The van der Waals surface area contributed by atoms with Gasteiger partial charge in [0.1, 0.15) is 9.75 Å². The third kappa shape index (κ3) is 2.16. The standard InChI is InChI=1S/C10H5Cl7.C4H10/c11-4-2-1-3-5(4)9(15)7(13)6(12)8(3,14)10(9,16)17;1-3-4-2/h1-5H;3-4H2,1-2H3. The Kier molecular flexibility index (Phi) is 5.47. The molecule has 0 amide bonds. The maximum absolute atomic E-state index is 6.57. The lowest BCUT2D eigenvalue weighted by Gasteiger charge is -2.34. The first-order valence-electron chi connectivity index (χ1n) is 6.76. The highest BCUT2D eigenvalue weighted by atomic mass is 35.5. The largest absolute Gasteiger partial charge is 0.167 e. The maximum Gasteiger partial charge on any atom is 0.167 e. The molecule has 3 aliphatic carbocycles. The van der Waals surface area contributed by atoms with Gasteiger partial charge in [-0.2, -0.15) is 0 Å². The van der Waals surface area contributed by atoms with Crippen molar-refractivity contribution in [1.82, 2.24) is 0 Å². The van der Waals surface area contributed by atoms with Crippen LogP contribution in [-0.2, 0) is 0 Å². The van der Waals surface area contributed by atoms with E-state index in [1.165, 1.54) is 12.8 Å². The Morgan fingerprint density at radius 3 is 1.86 bits per heavy atom. The first kappa shape index (κ1) is 18.8. The van der Waals surface area contributed by atoms with Gasteiger partial charge in [-0.1, -0.05) is 85.2 Å². The van der Waals surface area contributed by atoms with E-state index in [0.29, 0.717) is 0 Å². The summed E-state index contributed by atoms with van der Waals surface area (Å²) >= 11 is 44.5. The van der Waals surface area contributed by atoms with Crippen LogP contribution in [0, 0.1) is 11.8 Å². The number of allylic oxidation sites excluding steroid dienone is 4. The first-order chi connectivity index (χ1) is 9.62. The summed E-state index contributed by atoms with van der Waals surface area (Å²) in [6.07, 6.45) is 6.33. The second-order valence-electron chi connectivity index (χ2n) is 5.51. The van der Waals surface area contributed by atoms with E-state index in [9.17, 15) is 0 Å². The molecular formula is C14H15Cl7. The summed E-state index contributed by atoms with van der Waals surface area (Å²) in [6.45, 7) is 4.36. The Morgan fingerprint density at radius 1 is 0.905 bits per heavy atom. The van der Waals surface area contributed by atoms with Gasteiger partial charge in [0, 0.05) is 11.8 Å². The first-order valence-corrected chi connectivity index (χ1v) is 9.46. The molecule has 0 aromatic rings. The second-order valence-corrected chi connectivity index (χ2v) is 9.29. The van der Waals surface area contributed by atoms with E-state index >= 15 is 0 Å². The van der Waals surface area contributed by atoms with E-state index in [1.807, 2.05) is 12.2 Å². The minimum atomic E-state index is -1.48. The lowest BCUT2D eigenvalue weighted by atomic mass is 9.84. The molecule has 21 heavy (non-hydrogen) atoms. The van der Waals surface area contributed by atoms with Crippen LogP contribution in [0.1, 0.15) is 26.7 Å². The van der Waals surface area contributed by atoms with Crippen LogP contribution in [0.5, 0.6) is 0 Å². The lowest BCUT2D eigenvalue weighted by molar-refractivity contribution is 0.420. The van der Waals surface area contributed by atoms with Crippen LogP contribution in [0.4, 0.5) is 0 Å². The minimum Gasteiger partial charge on any atom is -0.118 e. The van der Waals surface area contributed by atoms with Crippen molar-refractivity contribution >= 4 is 81.2 Å². The maximum atomic E-state index is 6.57. The Bertz CT molecular complexity index is 496. The van der Waals surface area contributed by atoms with Crippen molar-refractivity contribution in [2.75, 3.05) is 0 Å². The fraction of sp³-hybridized carbons (Fsp3) is 0.714. The summed E-state index contributed by atoms with van der Waals surface area (Å²) in [7, 11) is 0. The number of hydrogen-bond donors (Lipinski definition) is 0. The topological polar surface area (TPSA) is 0 Å². The zero-order valence-corrected chi connectivity index (χ0v) is 16.7. The SMILES string of the molecule is CCCC.ClC1=C(Cl)C2(Cl)C3C(Cl)C=CC3C1(Cl)C2(Cl)Cl. The molecule has 3 aliphatic rings. The smallest absolute Gasteiger partial charge is 0.118 e. The monoisotopic (exact) mass is 428 g/mol. The highest BCUT2D eigenvalue weighted by Gasteiger charge is 2.83. The summed E-state index contributed by atoms with van der Waals surface area (Å²) < 4.78 is -1.48. The molecule has 0 aromatic heterocycles. The molecule has 0 N–H and O–H groups in total. The molecule has 0 spiro atoms. The van der Waals surface area contributed by atoms with Crippen LogP contribution in [0.25, 0.3) is 0 Å². The van der Waals surface area contributed by atoms with Gasteiger partial charge in [-0.3, -0.25) is 0 Å². The summed E-state index contributed by atoms with van der Waals surface area (Å²) in [6, 6.07) is 0. The van der Waals surface area contributed by atoms with E-state index in [4.69, 9.17) is 81.2 Å². The molecule has 0 aliphatic heterocycles. The van der Waals surface area contributed by atoms with Crippen molar-refractivity contribution in [3.8, 4) is 0 Å². The van der Waals surface area contributed by atoms with Gasteiger partial charge in [0.25, 0.3) is 0 Å². The van der Waals surface area contributed by atoms with E-state index in [-0.39, 0.29) is 27.3 Å². The Morgan fingerprint density at radius 2 is 1.38 bits per heavy atom. The Hall–Kier alpha value is 1.51. The van der Waals surface area contributed by atoms with Crippen molar-refractivity contribution in [2.45, 2.75) is 46.1 Å². The van der Waals surface area contributed by atoms with Gasteiger partial charge in [-0.05, 0) is 0 Å². The average molecular weight is 431 g/mol. The molecule has 7 heteroatoms. The molecule has 0 heterocycles. The second kappa shape index (κ2) is 6.10. The molecule has 1 saturated carbocycles. The fourth-order valence-electron chi connectivity index (χ4n) is 3.08. The molecule has 0 saturated heterocycles. The number of rotatable bonds is 1. The van der Waals surface area contributed by atoms with Crippen molar-refractivity contribution in [3.63, 3.8) is 0 Å². The Labute approximate surface area is 160 Å². The Balaban J connectivity index is 0.000000361. The normalized spacial score (nSPS) is 45.7. The molecule has 5 unspecified atom stereocenters. The van der Waals surface area contributed by atoms with Crippen LogP contribution in [0.3, 0.4) is 0 Å². The van der Waals surface area contributed by atoms with Crippen molar-refractivity contribution < 1.29 is 0 Å². The molecule has 0 aromatic carbocycles. The van der Waals surface area contributed by atoms with Crippen LogP contribution in [0.15, 0.2) is 22.2 Å². The van der Waals surface area contributed by atoms with Gasteiger partial charge in [0.15, 0.2) is 4.33 Å². The minimum absolute atomic E-state index is 0.205. The average Bonchev–Trinajstić information content (AvgIpc) is 2.93. The zero-order valence-electron chi connectivity index (χ0n) is 11.4. The van der Waals surface area contributed by atoms with Crippen LogP contribution in [-0.4, -0.2) is 19.5 Å². The fourth-order valence-corrected chi connectivity index (χ4v) is 6.60. The van der Waals surface area contributed by atoms with Gasteiger partial charge in [0.2, 0.25) is 0 Å². The molecule has 5 atom stereocenters. The van der Waals surface area contributed by atoms with Crippen molar-refractivity contribution in [2.24, 2.45) is 11.8 Å². The number of halogens is 7. The number of unbranched alkanes of at least 4 members (excludes halogenated alkanes) is 1. The lowest BCUT2D eigenvalue weighted by Crippen LogP contribution is -2.45. The van der Waals surface area contributed by atoms with Gasteiger partial charge >= 0.3 is 0 Å². The van der Waals surface area contributed by atoms with Crippen LogP contribution in [0.2, 0.25) is 0 Å². The summed E-state index contributed by atoms with van der Waals surface area (Å²) in [5.74, 6) is -0.470. The molecule has 3 rings (SSSR count). The van der Waals surface area contributed by atoms with Gasteiger partial charge in [-0.15, -0.1) is 34.8 Å². The van der Waals surface area contributed by atoms with E-state index < -0.39 is 14.1 Å². The summed E-state index contributed by atoms with van der Waals surface area (Å²) in [4.78, 5) is -2.45. The predicted molar refractivity (Wildman–Crippen MR) is 96.7 cm³/mol. The third-order valence-corrected chi connectivity index (χ3v) is 9.11. The molecule has 0 nitrogen and oxygen atoms in total. The third-order valence-electron chi connectivity index (χ3n) is 4.40. The van der Waals surface area contributed by atoms with E-state index in [2.05, 4.69) is 13.8 Å². The van der Waals surface area contributed by atoms with E-state index in [1.54, 1.807) is 0 Å². The van der Waals surface area contributed by atoms with Gasteiger partial charge in [-0.25, -0.2) is 0 Å². The highest BCUT2D eigenvalue weighted by Crippen LogP contribution is 2.78. The molecular weight excluding hydrogens is 416 g/mol. The molecule has 120 valence electrons. The van der Waals surface area contributed by atoms with Crippen LogP contribution >= 0.6 is 81.2 Å². The van der Waals surface area contributed by atoms with Gasteiger partial charge in [0.05, 0.1) is 15.4 Å². The number of hydrogen-bond acceptors (Lipinski definition) is 0. The van der Waals surface area contributed by atoms with E-state index in [0.717, 1.165) is 0 Å². The summed E-state index contributed by atoms with van der Waals surface area (Å²) in [5.41, 5.74) is 0. The highest BCUT2D eigenvalue weighted by molar-refractivity contribution is 6.66. The van der Waals surface area contributed by atoms with Crippen molar-refractivity contribution in [3.05, 3.63) is 22.2 Å². The summed E-state index contributed by atoms with van der Waals surface area (Å²) in [5, 5.41) is 0.113. The van der Waals surface area contributed by atoms with Crippen LogP contribution < -0.4 is 0 Å². The quantitative estimate of drug-likeness (QED) is 0.308. The van der Waals surface area contributed by atoms with Crippen molar-refractivity contribution in [1.29, 1.82) is 0 Å².